The number of amides is 1. The normalized spacial score (nSPS) is 14.6. The average Bonchev–Trinajstić information content (AvgIpc) is 2.87. The van der Waals surface area contributed by atoms with Gasteiger partial charge < -0.3 is 19.1 Å². The molecule has 1 unspecified atom stereocenters. The van der Waals surface area contributed by atoms with Crippen LogP contribution in [0.3, 0.4) is 0 Å². The van der Waals surface area contributed by atoms with E-state index in [-0.39, 0.29) is 23.3 Å². The van der Waals surface area contributed by atoms with Gasteiger partial charge in [0.25, 0.3) is 11.5 Å². The minimum atomic E-state index is -0.753. The highest BCUT2D eigenvalue weighted by atomic mass is 16.6. The predicted molar refractivity (Wildman–Crippen MR) is 125 cm³/mol. The summed E-state index contributed by atoms with van der Waals surface area (Å²) in [6, 6.07) is 14.1. The number of esters is 1. The van der Waals surface area contributed by atoms with Crippen molar-refractivity contribution in [3.63, 3.8) is 0 Å². The van der Waals surface area contributed by atoms with Gasteiger partial charge in [-0.3, -0.25) is 9.59 Å². The molecule has 1 aromatic heterocycles. The number of aromatic nitrogens is 2. The molecule has 0 fully saturated rings. The smallest absolute Gasteiger partial charge is 0.359 e. The number of ether oxygens (including phenoxy) is 3. The molecule has 0 radical (unpaired) electrons. The Morgan fingerprint density at radius 1 is 1.09 bits per heavy atom. The van der Waals surface area contributed by atoms with E-state index in [1.54, 1.807) is 29.2 Å². The van der Waals surface area contributed by atoms with Gasteiger partial charge in [-0.2, -0.15) is 5.10 Å². The van der Waals surface area contributed by atoms with Crippen molar-refractivity contribution >= 4 is 22.6 Å². The summed E-state index contributed by atoms with van der Waals surface area (Å²) in [5, 5.41) is 5.00. The maximum Gasteiger partial charge on any atom is 0.359 e. The molecular weight excluding hydrogens is 438 g/mol. The molecule has 0 bridgehead atoms. The molecular formula is C25H27N3O6. The van der Waals surface area contributed by atoms with E-state index in [4.69, 9.17) is 14.2 Å². The van der Waals surface area contributed by atoms with Gasteiger partial charge in [-0.05, 0) is 31.5 Å². The van der Waals surface area contributed by atoms with Crippen molar-refractivity contribution in [3.05, 3.63) is 64.6 Å². The van der Waals surface area contributed by atoms with Gasteiger partial charge >= 0.3 is 5.97 Å². The van der Waals surface area contributed by atoms with Crippen LogP contribution >= 0.6 is 0 Å². The van der Waals surface area contributed by atoms with Crippen molar-refractivity contribution in [2.45, 2.75) is 32.9 Å². The maximum absolute atomic E-state index is 12.9. The minimum absolute atomic E-state index is 0.0140. The predicted octanol–water partition coefficient (Wildman–Crippen LogP) is 2.65. The van der Waals surface area contributed by atoms with Crippen molar-refractivity contribution in [3.8, 4) is 11.5 Å². The fraction of sp³-hybridized carbons (Fsp3) is 0.360. The Hall–Kier alpha value is -3.88. The SMILES string of the molecule is CCCn1nc(C(=O)OCC(=O)N(CC)CC2COc3ccccc3O2)c2ccccc2c1=O. The quantitative estimate of drug-likeness (QED) is 0.472. The molecule has 1 amide bonds. The van der Waals surface area contributed by atoms with E-state index in [0.29, 0.717) is 54.9 Å². The van der Waals surface area contributed by atoms with Crippen molar-refractivity contribution < 1.29 is 23.8 Å². The first-order valence-electron chi connectivity index (χ1n) is 11.3. The minimum Gasteiger partial charge on any atom is -0.486 e. The topological polar surface area (TPSA) is 100.0 Å². The lowest BCUT2D eigenvalue weighted by atomic mass is 10.1. The molecule has 2 aromatic carbocycles. The van der Waals surface area contributed by atoms with E-state index < -0.39 is 12.6 Å². The summed E-state index contributed by atoms with van der Waals surface area (Å²) in [5.41, 5.74) is -0.251. The Labute approximate surface area is 196 Å². The summed E-state index contributed by atoms with van der Waals surface area (Å²) < 4.78 is 18.2. The van der Waals surface area contributed by atoms with Gasteiger partial charge in [-0.1, -0.05) is 37.3 Å². The summed E-state index contributed by atoms with van der Waals surface area (Å²) in [5.74, 6) is 0.196. The van der Waals surface area contributed by atoms with Crippen molar-refractivity contribution in [1.82, 2.24) is 14.7 Å². The van der Waals surface area contributed by atoms with E-state index in [1.165, 1.54) is 4.68 Å². The van der Waals surface area contributed by atoms with Gasteiger partial charge in [0.1, 0.15) is 6.61 Å². The molecule has 1 aliphatic rings. The van der Waals surface area contributed by atoms with Crippen molar-refractivity contribution in [2.75, 3.05) is 26.3 Å². The third-order valence-corrected chi connectivity index (χ3v) is 5.55. The van der Waals surface area contributed by atoms with Crippen LogP contribution in [-0.4, -0.2) is 59.0 Å². The molecule has 1 aliphatic heterocycles. The molecule has 9 heteroatoms. The summed E-state index contributed by atoms with van der Waals surface area (Å²) in [7, 11) is 0. The first-order chi connectivity index (χ1) is 16.5. The number of hydrogen-bond acceptors (Lipinski definition) is 7. The monoisotopic (exact) mass is 465 g/mol. The molecule has 2 heterocycles. The number of nitrogens with zero attached hydrogens (tertiary/aromatic N) is 3. The number of carbonyl (C=O) groups excluding carboxylic acids is 2. The second kappa shape index (κ2) is 10.4. The van der Waals surface area contributed by atoms with Crippen LogP contribution in [-0.2, 0) is 16.1 Å². The van der Waals surface area contributed by atoms with Gasteiger partial charge in [0.15, 0.2) is 29.9 Å². The fourth-order valence-electron chi connectivity index (χ4n) is 3.84. The first kappa shape index (κ1) is 23.3. The van der Waals surface area contributed by atoms with Crippen LogP contribution in [0, 0.1) is 0 Å². The van der Waals surface area contributed by atoms with Gasteiger partial charge in [-0.15, -0.1) is 0 Å². The van der Waals surface area contributed by atoms with E-state index in [0.717, 1.165) is 0 Å². The zero-order chi connectivity index (χ0) is 24.1. The highest BCUT2D eigenvalue weighted by molar-refractivity contribution is 6.02. The number of carbonyl (C=O) groups is 2. The highest BCUT2D eigenvalue weighted by Gasteiger charge is 2.26. The van der Waals surface area contributed by atoms with Gasteiger partial charge in [0.05, 0.1) is 11.9 Å². The summed E-state index contributed by atoms with van der Waals surface area (Å²) in [6.45, 7) is 4.71. The third kappa shape index (κ3) is 4.88. The first-order valence-corrected chi connectivity index (χ1v) is 11.3. The molecule has 178 valence electrons. The zero-order valence-corrected chi connectivity index (χ0v) is 19.2. The lowest BCUT2D eigenvalue weighted by Crippen LogP contribution is -2.45. The Balaban J connectivity index is 1.43. The third-order valence-electron chi connectivity index (χ3n) is 5.55. The molecule has 0 saturated heterocycles. The average molecular weight is 466 g/mol. The Morgan fingerprint density at radius 3 is 2.53 bits per heavy atom. The summed E-state index contributed by atoms with van der Waals surface area (Å²) in [4.78, 5) is 39.8. The van der Waals surface area contributed by atoms with Gasteiger partial charge in [0.2, 0.25) is 0 Å². The second-order valence-electron chi connectivity index (χ2n) is 7.93. The van der Waals surface area contributed by atoms with Crippen molar-refractivity contribution in [2.24, 2.45) is 0 Å². The number of fused-ring (bicyclic) bond motifs is 2. The van der Waals surface area contributed by atoms with Crippen LogP contribution in [0.25, 0.3) is 10.8 Å². The number of benzene rings is 2. The Kier molecular flexibility index (Phi) is 7.10. The Morgan fingerprint density at radius 2 is 1.79 bits per heavy atom. The number of para-hydroxylation sites is 2. The van der Waals surface area contributed by atoms with Gasteiger partial charge in [-0.25, -0.2) is 9.48 Å². The van der Waals surface area contributed by atoms with Crippen LogP contribution in [0.1, 0.15) is 30.8 Å². The molecule has 3 aromatic rings. The van der Waals surface area contributed by atoms with Crippen LogP contribution in [0.5, 0.6) is 11.5 Å². The fourth-order valence-corrected chi connectivity index (χ4v) is 3.84. The van der Waals surface area contributed by atoms with E-state index in [2.05, 4.69) is 5.10 Å². The number of aryl methyl sites for hydroxylation is 1. The molecule has 9 nitrogen and oxygen atoms in total. The zero-order valence-electron chi connectivity index (χ0n) is 19.2. The van der Waals surface area contributed by atoms with Crippen LogP contribution in [0.2, 0.25) is 0 Å². The summed E-state index contributed by atoms with van der Waals surface area (Å²) in [6.07, 6.45) is 0.346. The Bertz CT molecular complexity index is 1250. The molecule has 1 atom stereocenters. The molecule has 0 saturated carbocycles. The molecule has 0 spiro atoms. The van der Waals surface area contributed by atoms with E-state index >= 15 is 0 Å². The molecule has 0 aliphatic carbocycles. The number of likely N-dealkylation sites (N-methyl/N-ethyl adjacent to an activating group) is 1. The molecule has 0 N–H and O–H groups in total. The number of rotatable bonds is 8. The van der Waals surface area contributed by atoms with E-state index in [9.17, 15) is 14.4 Å². The van der Waals surface area contributed by atoms with Crippen LogP contribution in [0.4, 0.5) is 0 Å². The molecule has 34 heavy (non-hydrogen) atoms. The summed E-state index contributed by atoms with van der Waals surface area (Å²) >= 11 is 0. The number of hydrogen-bond donors (Lipinski definition) is 0. The van der Waals surface area contributed by atoms with E-state index in [1.807, 2.05) is 38.1 Å². The highest BCUT2D eigenvalue weighted by Crippen LogP contribution is 2.31. The maximum atomic E-state index is 12.9. The van der Waals surface area contributed by atoms with Crippen molar-refractivity contribution in [1.29, 1.82) is 0 Å². The lowest BCUT2D eigenvalue weighted by Gasteiger charge is -2.30. The molecule has 4 rings (SSSR count). The van der Waals surface area contributed by atoms with Gasteiger partial charge in [0, 0.05) is 18.5 Å². The standard InChI is InChI=1S/C25H27N3O6/c1-3-13-28-24(30)19-10-6-5-9-18(19)23(26-28)25(31)33-16-22(29)27(4-2)14-17-15-32-20-11-7-8-12-21(20)34-17/h5-12,17H,3-4,13-16H2,1-2H3. The largest absolute Gasteiger partial charge is 0.486 e. The second-order valence-corrected chi connectivity index (χ2v) is 7.93. The van der Waals surface area contributed by atoms with Crippen LogP contribution in [0.15, 0.2) is 53.3 Å². The lowest BCUT2D eigenvalue weighted by molar-refractivity contribution is -0.135. The van der Waals surface area contributed by atoms with Crippen LogP contribution < -0.4 is 15.0 Å².